The van der Waals surface area contributed by atoms with Crippen LogP contribution in [0.25, 0.3) is 0 Å². The molecule has 1 aliphatic heterocycles. The van der Waals surface area contributed by atoms with Gasteiger partial charge in [-0.15, -0.1) is 0 Å². The van der Waals surface area contributed by atoms with E-state index in [1.165, 1.54) is 6.07 Å². The van der Waals surface area contributed by atoms with Crippen LogP contribution in [0.3, 0.4) is 0 Å². The topological polar surface area (TPSA) is 41.4 Å². The van der Waals surface area contributed by atoms with Crippen molar-refractivity contribution in [3.05, 3.63) is 53.6 Å². The highest BCUT2D eigenvalue weighted by atomic mass is 19.1. The second kappa shape index (κ2) is 8.45. The normalized spacial score (nSPS) is 17.2. The highest BCUT2D eigenvalue weighted by Crippen LogP contribution is 2.19. The fourth-order valence-electron chi connectivity index (χ4n) is 3.60. The maximum Gasteiger partial charge on any atom is 0.227 e. The number of hydrogen-bond acceptors (Lipinski definition) is 3. The Labute approximate surface area is 154 Å². The van der Waals surface area contributed by atoms with Gasteiger partial charge in [-0.25, -0.2) is 4.39 Å². The molecule has 0 aliphatic carbocycles. The summed E-state index contributed by atoms with van der Waals surface area (Å²) in [6.45, 7) is 9.22. The Morgan fingerprint density at radius 1 is 1.23 bits per heavy atom. The van der Waals surface area contributed by atoms with Gasteiger partial charge in [0.15, 0.2) is 0 Å². The molecule has 1 atom stereocenters. The third-order valence-electron chi connectivity index (χ3n) is 5.13. The van der Waals surface area contributed by atoms with Gasteiger partial charge in [0.05, 0.1) is 18.7 Å². The summed E-state index contributed by atoms with van der Waals surface area (Å²) >= 11 is 0. The molecular weight excluding hydrogens is 331 g/mol. The summed E-state index contributed by atoms with van der Waals surface area (Å²) in [4.78, 5) is 17.1. The van der Waals surface area contributed by atoms with E-state index in [0.717, 1.165) is 31.9 Å². The Bertz CT molecular complexity index is 741. The van der Waals surface area contributed by atoms with Crippen molar-refractivity contribution in [1.82, 2.24) is 19.6 Å². The average Bonchev–Trinajstić information content (AvgIpc) is 2.99. The minimum absolute atomic E-state index is 0.0331. The number of hydrogen-bond donors (Lipinski definition) is 0. The van der Waals surface area contributed by atoms with Gasteiger partial charge in [0, 0.05) is 31.7 Å². The van der Waals surface area contributed by atoms with Crippen molar-refractivity contribution in [3.63, 3.8) is 0 Å². The molecule has 140 valence electrons. The third kappa shape index (κ3) is 4.30. The van der Waals surface area contributed by atoms with E-state index in [1.54, 1.807) is 24.4 Å². The van der Waals surface area contributed by atoms with Gasteiger partial charge < -0.3 is 9.80 Å². The van der Waals surface area contributed by atoms with Crippen LogP contribution >= 0.6 is 0 Å². The molecule has 1 aromatic heterocycles. The molecule has 1 aliphatic rings. The third-order valence-corrected chi connectivity index (χ3v) is 5.13. The van der Waals surface area contributed by atoms with Crippen LogP contribution in [-0.2, 0) is 24.3 Å². The predicted octanol–water partition coefficient (Wildman–Crippen LogP) is 2.57. The minimum Gasteiger partial charge on any atom is -0.336 e. The molecule has 5 nitrogen and oxygen atoms in total. The van der Waals surface area contributed by atoms with E-state index in [9.17, 15) is 9.18 Å². The van der Waals surface area contributed by atoms with Gasteiger partial charge in [0.2, 0.25) is 5.91 Å². The van der Waals surface area contributed by atoms with Gasteiger partial charge >= 0.3 is 0 Å². The number of nitrogens with zero attached hydrogens (tertiary/aromatic N) is 4. The molecule has 6 heteroatoms. The van der Waals surface area contributed by atoms with Gasteiger partial charge in [0.25, 0.3) is 0 Å². The van der Waals surface area contributed by atoms with E-state index in [2.05, 4.69) is 23.8 Å². The van der Waals surface area contributed by atoms with Gasteiger partial charge in [-0.05, 0) is 30.8 Å². The van der Waals surface area contributed by atoms with Crippen molar-refractivity contribution in [3.8, 4) is 0 Å². The monoisotopic (exact) mass is 358 g/mol. The zero-order chi connectivity index (χ0) is 18.5. The van der Waals surface area contributed by atoms with Crippen LogP contribution in [0.15, 0.2) is 36.5 Å². The molecule has 0 spiro atoms. The summed E-state index contributed by atoms with van der Waals surface area (Å²) in [6.07, 6.45) is 1.88. The Kier molecular flexibility index (Phi) is 6.04. The molecule has 1 amide bonds. The fraction of sp³-hybridized carbons (Fsp3) is 0.500. The number of fused-ring (bicyclic) bond motifs is 1. The summed E-state index contributed by atoms with van der Waals surface area (Å²) in [7, 11) is 0. The molecular formula is C20H27FN4O. The molecule has 0 saturated heterocycles. The summed E-state index contributed by atoms with van der Waals surface area (Å²) in [5, 5.41) is 4.42. The molecule has 0 fully saturated rings. The van der Waals surface area contributed by atoms with E-state index >= 15 is 0 Å². The molecule has 0 saturated carbocycles. The lowest BCUT2D eigenvalue weighted by Gasteiger charge is -2.28. The lowest BCUT2D eigenvalue weighted by Crippen LogP contribution is -2.39. The minimum atomic E-state index is -0.319. The molecule has 0 N–H and O–H groups in total. The molecule has 0 bridgehead atoms. The largest absolute Gasteiger partial charge is 0.336 e. The summed E-state index contributed by atoms with van der Waals surface area (Å²) in [5.41, 5.74) is 1.49. The maximum atomic E-state index is 13.9. The van der Waals surface area contributed by atoms with Crippen LogP contribution in [0.2, 0.25) is 0 Å². The second-order valence-electron chi connectivity index (χ2n) is 6.90. The van der Waals surface area contributed by atoms with E-state index in [4.69, 9.17) is 0 Å². The predicted molar refractivity (Wildman–Crippen MR) is 99.0 cm³/mol. The van der Waals surface area contributed by atoms with Gasteiger partial charge in [-0.3, -0.25) is 9.48 Å². The first-order chi connectivity index (χ1) is 12.6. The van der Waals surface area contributed by atoms with Gasteiger partial charge in [-0.2, -0.15) is 5.10 Å². The summed E-state index contributed by atoms with van der Waals surface area (Å²) < 4.78 is 15.9. The molecule has 3 rings (SSSR count). The second-order valence-corrected chi connectivity index (χ2v) is 6.90. The molecule has 2 heterocycles. The fourth-order valence-corrected chi connectivity index (χ4v) is 3.60. The van der Waals surface area contributed by atoms with Crippen molar-refractivity contribution in [1.29, 1.82) is 0 Å². The van der Waals surface area contributed by atoms with Crippen molar-refractivity contribution in [2.75, 3.05) is 26.2 Å². The SMILES string of the molecule is CCN(CC)CC1CN(C(=O)Cc2ccccc2F)Cc2ccnn2C1. The average molecular weight is 358 g/mol. The van der Waals surface area contributed by atoms with Crippen LogP contribution in [0, 0.1) is 11.7 Å². The smallest absolute Gasteiger partial charge is 0.227 e. The summed E-state index contributed by atoms with van der Waals surface area (Å²) in [6, 6.07) is 8.47. The van der Waals surface area contributed by atoms with Gasteiger partial charge in [-0.1, -0.05) is 32.0 Å². The first-order valence-electron chi connectivity index (χ1n) is 9.34. The number of carbonyl (C=O) groups is 1. The molecule has 1 aromatic carbocycles. The number of aromatic nitrogens is 2. The van der Waals surface area contributed by atoms with E-state index in [1.807, 2.05) is 15.6 Å². The Hall–Kier alpha value is -2.21. The highest BCUT2D eigenvalue weighted by molar-refractivity contribution is 5.78. The zero-order valence-electron chi connectivity index (χ0n) is 15.6. The first kappa shape index (κ1) is 18.6. The first-order valence-corrected chi connectivity index (χ1v) is 9.34. The number of halogens is 1. The quantitative estimate of drug-likeness (QED) is 0.797. The Morgan fingerprint density at radius 3 is 2.73 bits per heavy atom. The van der Waals surface area contributed by atoms with Crippen molar-refractivity contribution in [2.24, 2.45) is 5.92 Å². The number of carbonyl (C=O) groups excluding carboxylic acids is 1. The van der Waals surface area contributed by atoms with E-state index in [0.29, 0.717) is 24.6 Å². The number of benzene rings is 1. The Morgan fingerprint density at radius 2 is 2.00 bits per heavy atom. The standard InChI is InChI=1S/C20H27FN4O/c1-3-23(4-2)12-16-13-24(15-18-9-10-22-25(18)14-16)20(26)11-17-7-5-6-8-19(17)21/h5-10,16H,3-4,11-15H2,1-2H3. The van der Waals surface area contributed by atoms with Crippen molar-refractivity contribution < 1.29 is 9.18 Å². The van der Waals surface area contributed by atoms with Crippen LogP contribution < -0.4 is 0 Å². The van der Waals surface area contributed by atoms with Crippen LogP contribution in [0.1, 0.15) is 25.1 Å². The number of rotatable bonds is 6. The van der Waals surface area contributed by atoms with E-state index in [-0.39, 0.29) is 18.1 Å². The molecule has 2 aromatic rings. The lowest BCUT2D eigenvalue weighted by atomic mass is 10.1. The molecule has 0 radical (unpaired) electrons. The molecule has 1 unspecified atom stereocenters. The van der Waals surface area contributed by atoms with E-state index < -0.39 is 0 Å². The highest BCUT2D eigenvalue weighted by Gasteiger charge is 2.26. The van der Waals surface area contributed by atoms with Crippen LogP contribution in [0.5, 0.6) is 0 Å². The van der Waals surface area contributed by atoms with Crippen LogP contribution in [-0.4, -0.2) is 51.7 Å². The Balaban J connectivity index is 1.77. The van der Waals surface area contributed by atoms with Crippen molar-refractivity contribution >= 4 is 5.91 Å². The maximum absolute atomic E-state index is 13.9. The van der Waals surface area contributed by atoms with Crippen molar-refractivity contribution in [2.45, 2.75) is 33.4 Å². The van der Waals surface area contributed by atoms with Crippen LogP contribution in [0.4, 0.5) is 4.39 Å². The number of amides is 1. The van der Waals surface area contributed by atoms with Gasteiger partial charge in [0.1, 0.15) is 5.82 Å². The molecule has 26 heavy (non-hydrogen) atoms. The zero-order valence-corrected chi connectivity index (χ0v) is 15.6. The lowest BCUT2D eigenvalue weighted by molar-refractivity contribution is -0.131. The summed E-state index contributed by atoms with van der Waals surface area (Å²) in [5.74, 6) is -0.0460.